The summed E-state index contributed by atoms with van der Waals surface area (Å²) < 4.78 is 0. The number of nitrogens with zero attached hydrogens (tertiary/aromatic N) is 2. The van der Waals surface area contributed by atoms with Gasteiger partial charge in [0.1, 0.15) is 0 Å². The van der Waals surface area contributed by atoms with Crippen LogP contribution in [0.2, 0.25) is 0 Å². The van der Waals surface area contributed by atoms with Crippen LogP contribution in [0.1, 0.15) is 13.8 Å². The topological polar surface area (TPSA) is 24.7 Å². The molecule has 2 nitrogen and oxygen atoms in total. The fourth-order valence-corrected chi connectivity index (χ4v) is 0.797. The van der Waals surface area contributed by atoms with Gasteiger partial charge in [0.15, 0.2) is 0 Å². The molecule has 0 N–H and O–H groups in total. The first-order valence-corrected chi connectivity index (χ1v) is 5.07. The van der Waals surface area contributed by atoms with Gasteiger partial charge in [-0.2, -0.15) is 10.2 Å². The molecule has 84 valence electrons. The Balaban J connectivity index is 4.51. The standard InChI is InChI=1S/C14H18N2/c1-5-8-10-11-13(4)15-16-14(7-3)12-9-6-2/h5-12H,1-2H2,3-4H3/b10-8-,12-9-,13-11+,14-7+,16-15+. The van der Waals surface area contributed by atoms with Crippen molar-refractivity contribution in [1.82, 2.24) is 0 Å². The van der Waals surface area contributed by atoms with Crippen LogP contribution in [0.5, 0.6) is 0 Å². The van der Waals surface area contributed by atoms with Gasteiger partial charge >= 0.3 is 0 Å². The summed E-state index contributed by atoms with van der Waals surface area (Å²) in [7, 11) is 0. The first kappa shape index (κ1) is 14.0. The molecule has 0 rings (SSSR count). The summed E-state index contributed by atoms with van der Waals surface area (Å²) >= 11 is 0. The molecule has 0 radical (unpaired) electrons. The van der Waals surface area contributed by atoms with E-state index in [4.69, 9.17) is 0 Å². The Morgan fingerprint density at radius 2 is 1.69 bits per heavy atom. The van der Waals surface area contributed by atoms with Crippen molar-refractivity contribution in [2.45, 2.75) is 13.8 Å². The van der Waals surface area contributed by atoms with E-state index in [1.54, 1.807) is 12.2 Å². The number of azo groups is 1. The fourth-order valence-electron chi connectivity index (χ4n) is 0.797. The molecule has 0 bridgehead atoms. The molecule has 0 saturated carbocycles. The second-order valence-corrected chi connectivity index (χ2v) is 2.94. The SMILES string of the molecule is C=C\C=C/C=C(C)/N=N/C(/C=C\C=C)=C/C. The third-order valence-electron chi connectivity index (χ3n) is 1.61. The van der Waals surface area contributed by atoms with E-state index in [0.717, 1.165) is 11.4 Å². The molecule has 0 heterocycles. The van der Waals surface area contributed by atoms with Crippen molar-refractivity contribution in [3.8, 4) is 0 Å². The Hall–Kier alpha value is -1.96. The van der Waals surface area contributed by atoms with Crippen LogP contribution in [0.4, 0.5) is 0 Å². The minimum Gasteiger partial charge on any atom is -0.155 e. The van der Waals surface area contributed by atoms with Crippen molar-refractivity contribution < 1.29 is 0 Å². The lowest BCUT2D eigenvalue weighted by Crippen LogP contribution is -1.71. The molecule has 0 amide bonds. The highest BCUT2D eigenvalue weighted by Gasteiger charge is 1.85. The Kier molecular flexibility index (Phi) is 8.41. The van der Waals surface area contributed by atoms with E-state index in [0.29, 0.717) is 0 Å². The van der Waals surface area contributed by atoms with E-state index in [1.807, 2.05) is 50.3 Å². The summed E-state index contributed by atoms with van der Waals surface area (Å²) in [5.74, 6) is 0. The van der Waals surface area contributed by atoms with Gasteiger partial charge < -0.3 is 0 Å². The molecule has 0 aromatic carbocycles. The van der Waals surface area contributed by atoms with E-state index in [-0.39, 0.29) is 0 Å². The van der Waals surface area contributed by atoms with E-state index in [2.05, 4.69) is 23.4 Å². The van der Waals surface area contributed by atoms with Crippen LogP contribution in [0.25, 0.3) is 0 Å². The molecule has 0 aliphatic heterocycles. The highest BCUT2D eigenvalue weighted by molar-refractivity contribution is 5.20. The average molecular weight is 214 g/mol. The molecule has 0 aromatic rings. The van der Waals surface area contributed by atoms with Gasteiger partial charge in [-0.25, -0.2) is 0 Å². The van der Waals surface area contributed by atoms with Gasteiger partial charge in [0.25, 0.3) is 0 Å². The van der Waals surface area contributed by atoms with Crippen molar-refractivity contribution in [3.63, 3.8) is 0 Å². The van der Waals surface area contributed by atoms with Gasteiger partial charge in [-0.15, -0.1) is 0 Å². The largest absolute Gasteiger partial charge is 0.155 e. The molecule has 0 fully saturated rings. The van der Waals surface area contributed by atoms with Gasteiger partial charge in [-0.05, 0) is 26.0 Å². The molecular weight excluding hydrogens is 196 g/mol. The molecular formula is C14H18N2. The van der Waals surface area contributed by atoms with Crippen LogP contribution >= 0.6 is 0 Å². The molecule has 0 aliphatic carbocycles. The Bertz CT molecular complexity index is 366. The van der Waals surface area contributed by atoms with Crippen molar-refractivity contribution >= 4 is 0 Å². The van der Waals surface area contributed by atoms with Crippen molar-refractivity contribution in [3.05, 3.63) is 73.2 Å². The van der Waals surface area contributed by atoms with E-state index >= 15 is 0 Å². The van der Waals surface area contributed by atoms with E-state index in [9.17, 15) is 0 Å². The fraction of sp³-hybridized carbons (Fsp3) is 0.143. The van der Waals surface area contributed by atoms with Gasteiger partial charge in [0.2, 0.25) is 0 Å². The van der Waals surface area contributed by atoms with Crippen LogP contribution in [0, 0.1) is 0 Å². The molecule has 0 spiro atoms. The first-order chi connectivity index (χ1) is 7.74. The summed E-state index contributed by atoms with van der Waals surface area (Å²) in [6, 6.07) is 0. The van der Waals surface area contributed by atoms with E-state index in [1.165, 1.54) is 0 Å². The predicted octanol–water partition coefficient (Wildman–Crippen LogP) is 4.73. The lowest BCUT2D eigenvalue weighted by atomic mass is 10.3. The zero-order chi connectivity index (χ0) is 12.2. The molecule has 16 heavy (non-hydrogen) atoms. The number of hydrogen-bond donors (Lipinski definition) is 0. The maximum atomic E-state index is 4.08. The quantitative estimate of drug-likeness (QED) is 0.451. The first-order valence-electron chi connectivity index (χ1n) is 5.07. The molecule has 0 aliphatic rings. The monoisotopic (exact) mass is 214 g/mol. The third-order valence-corrected chi connectivity index (χ3v) is 1.61. The minimum atomic E-state index is 0.806. The van der Waals surface area contributed by atoms with Gasteiger partial charge in [-0.3, -0.25) is 0 Å². The molecule has 2 heteroatoms. The third kappa shape index (κ3) is 7.44. The second-order valence-electron chi connectivity index (χ2n) is 2.94. The lowest BCUT2D eigenvalue weighted by molar-refractivity contribution is 1.08. The zero-order valence-electron chi connectivity index (χ0n) is 9.93. The smallest absolute Gasteiger partial charge is 0.0814 e. The van der Waals surface area contributed by atoms with Gasteiger partial charge in [0.05, 0.1) is 11.4 Å². The second kappa shape index (κ2) is 9.59. The number of rotatable bonds is 6. The minimum absolute atomic E-state index is 0.806. The van der Waals surface area contributed by atoms with Crippen LogP contribution in [-0.2, 0) is 0 Å². The van der Waals surface area contributed by atoms with Gasteiger partial charge in [0, 0.05) is 0 Å². The van der Waals surface area contributed by atoms with Crippen molar-refractivity contribution in [1.29, 1.82) is 0 Å². The number of allylic oxidation sites excluding steroid dienone is 9. The van der Waals surface area contributed by atoms with Crippen LogP contribution in [-0.4, -0.2) is 0 Å². The Morgan fingerprint density at radius 1 is 1.00 bits per heavy atom. The van der Waals surface area contributed by atoms with Crippen molar-refractivity contribution in [2.24, 2.45) is 10.2 Å². The highest BCUT2D eigenvalue weighted by Crippen LogP contribution is 2.04. The van der Waals surface area contributed by atoms with E-state index < -0.39 is 0 Å². The van der Waals surface area contributed by atoms with Crippen molar-refractivity contribution in [2.75, 3.05) is 0 Å². The maximum absolute atomic E-state index is 4.08. The van der Waals surface area contributed by atoms with Gasteiger partial charge in [-0.1, -0.05) is 49.6 Å². The number of hydrogen-bond acceptors (Lipinski definition) is 2. The summed E-state index contributed by atoms with van der Waals surface area (Å²) in [4.78, 5) is 0. The van der Waals surface area contributed by atoms with Crippen LogP contribution in [0.15, 0.2) is 83.4 Å². The predicted molar refractivity (Wildman–Crippen MR) is 71.0 cm³/mol. The molecule has 0 unspecified atom stereocenters. The summed E-state index contributed by atoms with van der Waals surface area (Å²) in [5.41, 5.74) is 1.64. The normalized spacial score (nSPS) is 14.1. The van der Waals surface area contributed by atoms with Crippen LogP contribution < -0.4 is 0 Å². The maximum Gasteiger partial charge on any atom is 0.0814 e. The molecule has 0 aromatic heterocycles. The summed E-state index contributed by atoms with van der Waals surface area (Å²) in [6.45, 7) is 11.0. The Labute approximate surface area is 97.8 Å². The average Bonchev–Trinajstić information content (AvgIpc) is 2.30. The molecule has 0 atom stereocenters. The zero-order valence-corrected chi connectivity index (χ0v) is 9.93. The summed E-state index contributed by atoms with van der Waals surface area (Å²) in [6.07, 6.45) is 14.6. The van der Waals surface area contributed by atoms with Crippen LogP contribution in [0.3, 0.4) is 0 Å². The highest BCUT2D eigenvalue weighted by atomic mass is 15.1. The Morgan fingerprint density at radius 3 is 2.25 bits per heavy atom. The summed E-state index contributed by atoms with van der Waals surface area (Å²) in [5, 5.41) is 8.15. The molecule has 0 saturated heterocycles. The lowest BCUT2D eigenvalue weighted by Gasteiger charge is -1.90.